The van der Waals surface area contributed by atoms with Gasteiger partial charge >= 0.3 is 0 Å². The largest absolute Gasteiger partial charge is 0.508 e. The van der Waals surface area contributed by atoms with Gasteiger partial charge in [0.25, 0.3) is 0 Å². The summed E-state index contributed by atoms with van der Waals surface area (Å²) in [7, 11) is 0. The number of aromatic hydroxyl groups is 1. The number of hydrogen-bond donors (Lipinski definition) is 1. The maximum Gasteiger partial charge on any atom is 0.119 e. The fraction of sp³-hybridized carbons (Fsp3) is 0.500. The molecule has 1 rings (SSSR count). The van der Waals surface area contributed by atoms with Crippen molar-refractivity contribution >= 4 is 0 Å². The summed E-state index contributed by atoms with van der Waals surface area (Å²) in [5.41, 5.74) is 2.32. The van der Waals surface area contributed by atoms with E-state index in [1.165, 1.54) is 5.56 Å². The van der Waals surface area contributed by atoms with Crippen molar-refractivity contribution in [3.8, 4) is 5.75 Å². The van der Waals surface area contributed by atoms with Crippen LogP contribution >= 0.6 is 0 Å². The van der Waals surface area contributed by atoms with Crippen LogP contribution in [0.4, 0.5) is 0 Å². The van der Waals surface area contributed by atoms with E-state index in [0.29, 0.717) is 11.7 Å². The highest BCUT2D eigenvalue weighted by molar-refractivity contribution is 5.38. The lowest BCUT2D eigenvalue weighted by atomic mass is 9.89. The second-order valence-corrected chi connectivity index (χ2v) is 4.66. The number of rotatable bonds is 6. The molecule has 1 aromatic rings. The first-order valence-electron chi connectivity index (χ1n) is 6.63. The second-order valence-electron chi connectivity index (χ2n) is 4.66. The normalized spacial score (nSPS) is 13.1. The minimum Gasteiger partial charge on any atom is -0.508 e. The zero-order valence-corrected chi connectivity index (χ0v) is 11.2. The third-order valence-corrected chi connectivity index (χ3v) is 3.08. The van der Waals surface area contributed by atoms with Crippen molar-refractivity contribution in [3.63, 3.8) is 0 Å². The van der Waals surface area contributed by atoms with E-state index in [4.69, 9.17) is 0 Å². The molecule has 1 aromatic carbocycles. The Morgan fingerprint density at radius 1 is 1.24 bits per heavy atom. The molecule has 0 heterocycles. The van der Waals surface area contributed by atoms with Crippen molar-refractivity contribution in [2.24, 2.45) is 0 Å². The van der Waals surface area contributed by atoms with Crippen LogP contribution in [0.3, 0.4) is 0 Å². The summed E-state index contributed by atoms with van der Waals surface area (Å²) < 4.78 is 0. The third kappa shape index (κ3) is 4.26. The molecule has 0 aromatic heterocycles. The molecule has 0 bridgehead atoms. The molecule has 0 fully saturated rings. The average Bonchev–Trinajstić information content (AvgIpc) is 2.32. The highest BCUT2D eigenvalue weighted by Crippen LogP contribution is 2.32. The first kappa shape index (κ1) is 13.8. The summed E-state index contributed by atoms with van der Waals surface area (Å²) in [6, 6.07) is 5.90. The van der Waals surface area contributed by atoms with Gasteiger partial charge in [-0.25, -0.2) is 0 Å². The molecule has 0 saturated heterocycles. The molecule has 0 radical (unpaired) electrons. The van der Waals surface area contributed by atoms with E-state index in [9.17, 15) is 5.11 Å². The van der Waals surface area contributed by atoms with Gasteiger partial charge in [0.05, 0.1) is 0 Å². The van der Waals surface area contributed by atoms with Crippen LogP contribution in [-0.2, 0) is 0 Å². The van der Waals surface area contributed by atoms with Gasteiger partial charge in [0, 0.05) is 0 Å². The monoisotopic (exact) mass is 232 g/mol. The van der Waals surface area contributed by atoms with Crippen LogP contribution in [0.2, 0.25) is 0 Å². The summed E-state index contributed by atoms with van der Waals surface area (Å²) in [6.45, 7) is 6.42. The lowest BCUT2D eigenvalue weighted by Crippen LogP contribution is -1.98. The molecule has 0 aliphatic rings. The molecule has 1 atom stereocenters. The summed E-state index contributed by atoms with van der Waals surface area (Å²) in [5, 5.41) is 9.96. The van der Waals surface area contributed by atoms with E-state index in [1.807, 2.05) is 12.1 Å². The average molecular weight is 232 g/mol. The van der Waals surface area contributed by atoms with Crippen molar-refractivity contribution in [3.05, 3.63) is 41.5 Å². The molecule has 94 valence electrons. The van der Waals surface area contributed by atoms with Gasteiger partial charge in [0.2, 0.25) is 0 Å². The lowest BCUT2D eigenvalue weighted by molar-refractivity contribution is 0.456. The third-order valence-electron chi connectivity index (χ3n) is 3.08. The molecule has 1 heteroatoms. The molecule has 1 N–H and O–H groups in total. The van der Waals surface area contributed by atoms with Gasteiger partial charge in [-0.3, -0.25) is 0 Å². The smallest absolute Gasteiger partial charge is 0.119 e. The molecule has 1 unspecified atom stereocenters. The summed E-state index contributed by atoms with van der Waals surface area (Å²) in [4.78, 5) is 0. The molecule has 0 amide bonds. The van der Waals surface area contributed by atoms with Gasteiger partial charge < -0.3 is 5.11 Å². The van der Waals surface area contributed by atoms with Crippen molar-refractivity contribution in [2.75, 3.05) is 0 Å². The van der Waals surface area contributed by atoms with Crippen molar-refractivity contribution in [2.45, 2.75) is 52.4 Å². The topological polar surface area (TPSA) is 20.2 Å². The Bertz CT molecular complexity index is 366. The number of benzene rings is 1. The molecule has 0 saturated carbocycles. The highest BCUT2D eigenvalue weighted by atomic mass is 16.3. The summed E-state index contributed by atoms with van der Waals surface area (Å²) >= 11 is 0. The van der Waals surface area contributed by atoms with Crippen LogP contribution in [0.15, 0.2) is 30.4 Å². The molecule has 0 aliphatic heterocycles. The Morgan fingerprint density at radius 2 is 2.00 bits per heavy atom. The van der Waals surface area contributed by atoms with Crippen molar-refractivity contribution in [1.82, 2.24) is 0 Å². The fourth-order valence-corrected chi connectivity index (χ4v) is 2.18. The maximum absolute atomic E-state index is 9.96. The van der Waals surface area contributed by atoms with Crippen molar-refractivity contribution < 1.29 is 5.11 Å². The lowest BCUT2D eigenvalue weighted by Gasteiger charge is -2.16. The standard InChI is InChI=1S/C16H24O/c1-4-6-7-9-14(8-5-2)15-12-13(3)10-11-16(15)17/h6-7,10-12,14,17H,4-5,8-9H2,1-3H3/b7-6-. The van der Waals surface area contributed by atoms with Crippen LogP contribution in [0.5, 0.6) is 5.75 Å². The van der Waals surface area contributed by atoms with E-state index >= 15 is 0 Å². The summed E-state index contributed by atoms with van der Waals surface area (Å²) in [6.07, 6.45) is 8.83. The maximum atomic E-state index is 9.96. The van der Waals surface area contributed by atoms with Crippen LogP contribution in [0, 0.1) is 6.92 Å². The minimum absolute atomic E-state index is 0.443. The van der Waals surface area contributed by atoms with Gasteiger partial charge in [0.1, 0.15) is 5.75 Å². The quantitative estimate of drug-likeness (QED) is 0.689. The molecular weight excluding hydrogens is 208 g/mol. The Kier molecular flexibility index (Phi) is 5.82. The van der Waals surface area contributed by atoms with Gasteiger partial charge in [-0.15, -0.1) is 0 Å². The predicted molar refractivity (Wildman–Crippen MR) is 74.5 cm³/mol. The zero-order chi connectivity index (χ0) is 12.7. The number of hydrogen-bond acceptors (Lipinski definition) is 1. The predicted octanol–water partition coefficient (Wildman–Crippen LogP) is 4.94. The summed E-state index contributed by atoms with van der Waals surface area (Å²) in [5.74, 6) is 0.890. The number of aryl methyl sites for hydroxylation is 1. The first-order valence-corrected chi connectivity index (χ1v) is 6.63. The fourth-order valence-electron chi connectivity index (χ4n) is 2.18. The Hall–Kier alpha value is -1.24. The number of allylic oxidation sites excluding steroid dienone is 2. The second kappa shape index (κ2) is 7.16. The van der Waals surface area contributed by atoms with Crippen LogP contribution in [0.25, 0.3) is 0 Å². The molecule has 17 heavy (non-hydrogen) atoms. The Morgan fingerprint density at radius 3 is 2.65 bits per heavy atom. The number of phenols is 1. The zero-order valence-electron chi connectivity index (χ0n) is 11.2. The van der Waals surface area contributed by atoms with Gasteiger partial charge in [-0.05, 0) is 43.7 Å². The van der Waals surface area contributed by atoms with E-state index in [-0.39, 0.29) is 0 Å². The first-order chi connectivity index (χ1) is 8.19. The number of phenolic OH excluding ortho intramolecular Hbond substituents is 1. The molecule has 1 nitrogen and oxygen atoms in total. The molecule has 0 aliphatic carbocycles. The van der Waals surface area contributed by atoms with Crippen LogP contribution < -0.4 is 0 Å². The van der Waals surface area contributed by atoms with E-state index in [0.717, 1.165) is 31.2 Å². The van der Waals surface area contributed by atoms with Gasteiger partial charge in [-0.2, -0.15) is 0 Å². The molecule has 0 spiro atoms. The molecular formula is C16H24O. The van der Waals surface area contributed by atoms with Crippen molar-refractivity contribution in [1.29, 1.82) is 0 Å². The van der Waals surface area contributed by atoms with E-state index < -0.39 is 0 Å². The van der Waals surface area contributed by atoms with E-state index in [1.54, 1.807) is 0 Å². The highest BCUT2D eigenvalue weighted by Gasteiger charge is 2.13. The van der Waals surface area contributed by atoms with Gasteiger partial charge in [-0.1, -0.05) is 50.1 Å². The van der Waals surface area contributed by atoms with Crippen LogP contribution in [0.1, 0.15) is 56.6 Å². The van der Waals surface area contributed by atoms with Gasteiger partial charge in [0.15, 0.2) is 0 Å². The van der Waals surface area contributed by atoms with Crippen LogP contribution in [-0.4, -0.2) is 5.11 Å². The minimum atomic E-state index is 0.443. The Balaban J connectivity index is 2.87. The SMILES string of the molecule is CC/C=C\CC(CCC)c1cc(C)ccc1O. The van der Waals surface area contributed by atoms with E-state index in [2.05, 4.69) is 39.0 Å². The Labute approximate surface area is 105 Å².